The van der Waals surface area contributed by atoms with Gasteiger partial charge in [0.1, 0.15) is 17.7 Å². The summed E-state index contributed by atoms with van der Waals surface area (Å²) in [5.41, 5.74) is 3.00. The molecule has 1 aliphatic heterocycles. The lowest BCUT2D eigenvalue weighted by atomic mass is 9.82. The number of hydrogen-bond donors (Lipinski definition) is 1. The van der Waals surface area contributed by atoms with Crippen LogP contribution < -0.4 is 0 Å². The zero-order valence-electron chi connectivity index (χ0n) is 18.3. The third-order valence-electron chi connectivity index (χ3n) is 6.37. The van der Waals surface area contributed by atoms with Crippen LogP contribution in [0.3, 0.4) is 0 Å². The molecule has 1 fully saturated rings. The number of aryl methyl sites for hydroxylation is 1. The SMILES string of the molecule is Cc1ccccc1C1(O)CCN(CCOC(c2ccc(F)cc2)c2ccc(F)cc2)CC1. The first-order valence-electron chi connectivity index (χ1n) is 11.1. The van der Waals surface area contributed by atoms with Crippen LogP contribution in [0.2, 0.25) is 0 Å². The minimum atomic E-state index is -0.784. The van der Waals surface area contributed by atoms with Crippen LogP contribution in [-0.2, 0) is 10.3 Å². The molecule has 32 heavy (non-hydrogen) atoms. The van der Waals surface area contributed by atoms with E-state index in [0.29, 0.717) is 19.4 Å². The number of benzene rings is 3. The average Bonchev–Trinajstić information content (AvgIpc) is 2.80. The van der Waals surface area contributed by atoms with E-state index in [2.05, 4.69) is 4.90 Å². The van der Waals surface area contributed by atoms with Crippen LogP contribution in [0.4, 0.5) is 8.78 Å². The molecular formula is C27H29F2NO2. The fraction of sp³-hybridized carbons (Fsp3) is 0.333. The highest BCUT2D eigenvalue weighted by atomic mass is 19.1. The molecule has 0 radical (unpaired) electrons. The van der Waals surface area contributed by atoms with Crippen LogP contribution in [0.5, 0.6) is 0 Å². The highest BCUT2D eigenvalue weighted by Crippen LogP contribution is 2.34. The molecule has 1 aliphatic rings. The van der Waals surface area contributed by atoms with E-state index in [1.54, 1.807) is 24.3 Å². The first-order chi connectivity index (χ1) is 15.4. The second-order valence-corrected chi connectivity index (χ2v) is 8.54. The maximum absolute atomic E-state index is 13.4. The second kappa shape index (κ2) is 9.90. The Hall–Kier alpha value is -2.60. The van der Waals surface area contributed by atoms with E-state index in [-0.39, 0.29) is 11.6 Å². The second-order valence-electron chi connectivity index (χ2n) is 8.54. The molecule has 3 aromatic carbocycles. The molecule has 0 amide bonds. The molecule has 0 spiro atoms. The normalized spacial score (nSPS) is 16.4. The summed E-state index contributed by atoms with van der Waals surface area (Å²) >= 11 is 0. The highest BCUT2D eigenvalue weighted by molar-refractivity contribution is 5.32. The molecule has 1 N–H and O–H groups in total. The van der Waals surface area contributed by atoms with E-state index >= 15 is 0 Å². The summed E-state index contributed by atoms with van der Waals surface area (Å²) in [7, 11) is 0. The molecule has 1 heterocycles. The fourth-order valence-electron chi connectivity index (χ4n) is 4.47. The number of likely N-dealkylation sites (tertiary alicyclic amines) is 1. The number of piperidine rings is 1. The van der Waals surface area contributed by atoms with Crippen molar-refractivity contribution in [3.8, 4) is 0 Å². The van der Waals surface area contributed by atoms with Crippen LogP contribution in [0.15, 0.2) is 72.8 Å². The lowest BCUT2D eigenvalue weighted by molar-refractivity contribution is -0.0343. The van der Waals surface area contributed by atoms with Crippen molar-refractivity contribution >= 4 is 0 Å². The summed E-state index contributed by atoms with van der Waals surface area (Å²) < 4.78 is 33.0. The van der Waals surface area contributed by atoms with Crippen molar-refractivity contribution in [1.29, 1.82) is 0 Å². The molecular weight excluding hydrogens is 408 g/mol. The van der Waals surface area contributed by atoms with E-state index in [4.69, 9.17) is 4.74 Å². The summed E-state index contributed by atoms with van der Waals surface area (Å²) in [5, 5.41) is 11.2. The Labute approximate surface area is 188 Å². The number of nitrogens with zero attached hydrogens (tertiary/aromatic N) is 1. The Morgan fingerprint density at radius 1 is 0.875 bits per heavy atom. The third kappa shape index (κ3) is 5.23. The average molecular weight is 438 g/mol. The van der Waals surface area contributed by atoms with Gasteiger partial charge in [-0.05, 0) is 66.3 Å². The van der Waals surface area contributed by atoms with Gasteiger partial charge in [-0.2, -0.15) is 0 Å². The molecule has 0 saturated carbocycles. The maximum atomic E-state index is 13.4. The zero-order chi connectivity index (χ0) is 22.6. The van der Waals surface area contributed by atoms with Gasteiger partial charge in [0.25, 0.3) is 0 Å². The van der Waals surface area contributed by atoms with Gasteiger partial charge < -0.3 is 14.7 Å². The van der Waals surface area contributed by atoms with Crippen molar-refractivity contribution in [2.24, 2.45) is 0 Å². The standard InChI is InChI=1S/C27H29F2NO2/c1-20-4-2-3-5-25(20)27(31)14-16-30(17-15-27)18-19-32-26(21-6-10-23(28)11-7-21)22-8-12-24(29)13-9-22/h2-13,26,31H,14-19H2,1H3. The quantitative estimate of drug-likeness (QED) is 0.540. The van der Waals surface area contributed by atoms with Gasteiger partial charge in [-0.1, -0.05) is 48.5 Å². The van der Waals surface area contributed by atoms with Gasteiger partial charge in [-0.3, -0.25) is 0 Å². The Balaban J connectivity index is 1.37. The summed E-state index contributed by atoms with van der Waals surface area (Å²) in [6, 6.07) is 20.5. The van der Waals surface area contributed by atoms with E-state index in [0.717, 1.165) is 41.9 Å². The predicted octanol–water partition coefficient (Wildman–Crippen LogP) is 5.36. The molecule has 168 valence electrons. The molecule has 3 aromatic rings. The Morgan fingerprint density at radius 3 is 1.94 bits per heavy atom. The molecule has 0 aliphatic carbocycles. The topological polar surface area (TPSA) is 32.7 Å². The van der Waals surface area contributed by atoms with Crippen molar-refractivity contribution < 1.29 is 18.6 Å². The monoisotopic (exact) mass is 437 g/mol. The third-order valence-corrected chi connectivity index (χ3v) is 6.37. The zero-order valence-corrected chi connectivity index (χ0v) is 18.3. The number of ether oxygens (including phenoxy) is 1. The predicted molar refractivity (Wildman–Crippen MR) is 121 cm³/mol. The Kier molecular flexibility index (Phi) is 6.99. The van der Waals surface area contributed by atoms with Gasteiger partial charge in [0.05, 0.1) is 12.2 Å². The van der Waals surface area contributed by atoms with E-state index in [1.165, 1.54) is 24.3 Å². The molecule has 5 heteroatoms. The Morgan fingerprint density at radius 2 is 1.41 bits per heavy atom. The molecule has 0 atom stereocenters. The fourth-order valence-corrected chi connectivity index (χ4v) is 4.47. The van der Waals surface area contributed by atoms with Gasteiger partial charge in [-0.15, -0.1) is 0 Å². The van der Waals surface area contributed by atoms with Crippen LogP contribution >= 0.6 is 0 Å². The van der Waals surface area contributed by atoms with Crippen molar-refractivity contribution in [3.05, 3.63) is 107 Å². The molecule has 1 saturated heterocycles. The first-order valence-corrected chi connectivity index (χ1v) is 11.1. The van der Waals surface area contributed by atoms with Crippen LogP contribution in [0.25, 0.3) is 0 Å². The molecule has 0 aromatic heterocycles. The van der Waals surface area contributed by atoms with Gasteiger partial charge >= 0.3 is 0 Å². The van der Waals surface area contributed by atoms with Gasteiger partial charge in [0.15, 0.2) is 0 Å². The van der Waals surface area contributed by atoms with Gasteiger partial charge in [-0.25, -0.2) is 8.78 Å². The number of halogens is 2. The van der Waals surface area contributed by atoms with Crippen molar-refractivity contribution in [2.75, 3.05) is 26.2 Å². The molecule has 0 unspecified atom stereocenters. The summed E-state index contributed by atoms with van der Waals surface area (Å²) in [4.78, 5) is 2.29. The minimum Gasteiger partial charge on any atom is -0.385 e. The largest absolute Gasteiger partial charge is 0.385 e. The van der Waals surface area contributed by atoms with Crippen molar-refractivity contribution in [1.82, 2.24) is 4.90 Å². The van der Waals surface area contributed by atoms with Gasteiger partial charge in [0.2, 0.25) is 0 Å². The minimum absolute atomic E-state index is 0.305. The van der Waals surface area contributed by atoms with E-state index < -0.39 is 11.7 Å². The number of rotatable bonds is 7. The smallest absolute Gasteiger partial charge is 0.123 e. The molecule has 4 rings (SSSR count). The lowest BCUT2D eigenvalue weighted by Crippen LogP contribution is -2.44. The van der Waals surface area contributed by atoms with Crippen LogP contribution in [-0.4, -0.2) is 36.2 Å². The van der Waals surface area contributed by atoms with E-state index in [9.17, 15) is 13.9 Å². The van der Waals surface area contributed by atoms with Crippen molar-refractivity contribution in [3.63, 3.8) is 0 Å². The maximum Gasteiger partial charge on any atom is 0.123 e. The van der Waals surface area contributed by atoms with Crippen molar-refractivity contribution in [2.45, 2.75) is 31.5 Å². The first kappa shape index (κ1) is 22.6. The van der Waals surface area contributed by atoms with Gasteiger partial charge in [0, 0.05) is 19.6 Å². The summed E-state index contributed by atoms with van der Waals surface area (Å²) in [6.07, 6.45) is 0.957. The number of aliphatic hydroxyl groups is 1. The Bertz CT molecular complexity index is 967. The lowest BCUT2D eigenvalue weighted by Gasteiger charge is -2.39. The number of hydrogen-bond acceptors (Lipinski definition) is 3. The summed E-state index contributed by atoms with van der Waals surface area (Å²) in [5.74, 6) is -0.609. The highest BCUT2D eigenvalue weighted by Gasteiger charge is 2.34. The van der Waals surface area contributed by atoms with Crippen LogP contribution in [0, 0.1) is 18.6 Å². The summed E-state index contributed by atoms with van der Waals surface area (Å²) in [6.45, 7) is 4.81. The molecule has 3 nitrogen and oxygen atoms in total. The molecule has 0 bridgehead atoms. The van der Waals surface area contributed by atoms with Crippen LogP contribution in [0.1, 0.15) is 41.2 Å². The van der Waals surface area contributed by atoms with E-state index in [1.807, 2.05) is 31.2 Å².